The van der Waals surface area contributed by atoms with Crippen molar-refractivity contribution in [2.75, 3.05) is 6.61 Å². The number of carboxylic acids is 1. The van der Waals surface area contributed by atoms with Crippen molar-refractivity contribution in [3.8, 4) is 23.3 Å². The average Bonchev–Trinajstić information content (AvgIpc) is 2.98. The van der Waals surface area contributed by atoms with Crippen LogP contribution in [0, 0.1) is 21.2 Å². The van der Waals surface area contributed by atoms with Crippen molar-refractivity contribution in [3.05, 3.63) is 101 Å². The summed E-state index contributed by atoms with van der Waals surface area (Å²) in [6.45, 7) is 1.40. The second kappa shape index (κ2) is 14.7. The maximum atomic E-state index is 13.5. The lowest BCUT2D eigenvalue weighted by atomic mass is 9.98. The lowest BCUT2D eigenvalue weighted by Crippen LogP contribution is -2.41. The molecule has 0 aliphatic carbocycles. The average molecular weight is 829 g/mol. The first kappa shape index (κ1) is 36.9. The van der Waals surface area contributed by atoms with Crippen LogP contribution in [0.1, 0.15) is 29.2 Å². The quantitative estimate of drug-likeness (QED) is 0.123. The summed E-state index contributed by atoms with van der Waals surface area (Å²) in [5.41, 5.74) is -0.597. The Bertz CT molecular complexity index is 1880. The van der Waals surface area contributed by atoms with Gasteiger partial charge >= 0.3 is 24.3 Å². The first-order valence-corrected chi connectivity index (χ1v) is 15.1. The molecule has 2 unspecified atom stereocenters. The van der Waals surface area contributed by atoms with E-state index in [1.54, 1.807) is 22.6 Å². The van der Waals surface area contributed by atoms with Crippen LogP contribution in [0.2, 0.25) is 10.0 Å². The van der Waals surface area contributed by atoms with Crippen LogP contribution in [0.3, 0.4) is 0 Å². The molecule has 5 rings (SSSR count). The number of carbonyl (C=O) groups excluding carboxylic acids is 1. The number of carbonyl (C=O) groups is 2. The third-order valence-electron chi connectivity index (χ3n) is 6.32. The highest BCUT2D eigenvalue weighted by atomic mass is 127. The molecule has 2 heterocycles. The molecule has 0 saturated heterocycles. The van der Waals surface area contributed by atoms with Crippen LogP contribution in [0.4, 0.5) is 30.7 Å². The molecule has 252 valence electrons. The third kappa shape index (κ3) is 8.74. The fourth-order valence-corrected chi connectivity index (χ4v) is 5.73. The van der Waals surface area contributed by atoms with E-state index in [0.29, 0.717) is 9.13 Å². The molecule has 2 aliphatic heterocycles. The Morgan fingerprint density at radius 3 is 1.94 bits per heavy atom. The molecule has 2 aliphatic rings. The minimum Gasteiger partial charge on any atom is -0.478 e. The molecule has 1 N–H and O–H groups in total. The maximum absolute atomic E-state index is 13.5. The van der Waals surface area contributed by atoms with E-state index < -0.39 is 53.5 Å². The van der Waals surface area contributed by atoms with Crippen molar-refractivity contribution in [3.63, 3.8) is 0 Å². The zero-order valence-electron chi connectivity index (χ0n) is 23.9. The van der Waals surface area contributed by atoms with Crippen LogP contribution in [0.25, 0.3) is 12.2 Å². The summed E-state index contributed by atoms with van der Waals surface area (Å²) < 4.78 is 107. The highest BCUT2D eigenvalue weighted by molar-refractivity contribution is 14.1. The van der Waals surface area contributed by atoms with Gasteiger partial charge in [0.15, 0.2) is 0 Å². The first-order valence-electron chi connectivity index (χ1n) is 13.3. The normalized spacial score (nSPS) is 16.6. The summed E-state index contributed by atoms with van der Waals surface area (Å²) in [6, 6.07) is 10.8. The van der Waals surface area contributed by atoms with Gasteiger partial charge in [-0.3, -0.25) is 0 Å². The molecule has 0 bridgehead atoms. The number of benzene rings is 3. The van der Waals surface area contributed by atoms with Crippen LogP contribution in [-0.2, 0) is 14.3 Å². The molecule has 0 amide bonds. The number of ether oxygens (including phenoxy) is 3. The van der Waals surface area contributed by atoms with Gasteiger partial charge in [-0.05, 0) is 90.2 Å². The highest BCUT2D eigenvalue weighted by Gasteiger charge is 2.50. The van der Waals surface area contributed by atoms with Crippen molar-refractivity contribution in [1.29, 1.82) is 0 Å². The third-order valence-corrected chi connectivity index (χ3v) is 7.55. The Hall–Kier alpha value is -3.94. The summed E-state index contributed by atoms with van der Waals surface area (Å²) >= 11 is 13.6. The number of rotatable bonds is 3. The molecular weight excluding hydrogens is 811 g/mol. The van der Waals surface area contributed by atoms with Gasteiger partial charge in [-0.2, -0.15) is 26.3 Å². The summed E-state index contributed by atoms with van der Waals surface area (Å²) in [4.78, 5) is 22.9. The van der Waals surface area contributed by atoms with Crippen molar-refractivity contribution >= 4 is 69.9 Å². The Kier molecular flexibility index (Phi) is 11.3. The molecule has 3 aromatic carbocycles. The maximum Gasteiger partial charge on any atom is 0.430 e. The van der Waals surface area contributed by atoms with E-state index in [1.807, 2.05) is 0 Å². The Balaban J connectivity index is 0.000000237. The monoisotopic (exact) mass is 828 g/mol. The first-order chi connectivity index (χ1) is 22.4. The molecule has 0 fully saturated rings. The standard InChI is InChI=1S/C21H13ClF4O3.C11H5ClF3IO3/c1-2-28-20(27)17-11-14-10-15(22)9-13(18(14)29-19(17)21(24,25)26)6-3-12-4-7-16(23)8-5-12;12-5-1-4-2-6(10(17)18)9(11(13,14)15)19-8(4)7(16)3-5/h4-5,7-11,19H,2H2,1H3;1-3,9H,(H,17,18). The van der Waals surface area contributed by atoms with Crippen LogP contribution >= 0.6 is 45.8 Å². The number of hydrogen-bond donors (Lipinski definition) is 1. The van der Waals surface area contributed by atoms with E-state index >= 15 is 0 Å². The predicted molar refractivity (Wildman–Crippen MR) is 169 cm³/mol. The fourth-order valence-electron chi connectivity index (χ4n) is 4.32. The fraction of sp³-hybridized carbons (Fsp3) is 0.188. The summed E-state index contributed by atoms with van der Waals surface area (Å²) in [5.74, 6) is 2.01. The molecule has 3 aromatic rings. The lowest BCUT2D eigenvalue weighted by Gasteiger charge is -2.28. The SMILES string of the molecule is CCOC(=O)C1=Cc2cc(Cl)cc(C#Cc3ccc(F)cc3)c2OC1C(F)(F)F.O=C(O)C1=Cc2cc(Cl)cc(I)c2OC1C(F)(F)F. The van der Waals surface area contributed by atoms with E-state index in [0.717, 1.165) is 12.2 Å². The van der Waals surface area contributed by atoms with Crippen LogP contribution in [0.5, 0.6) is 11.5 Å². The van der Waals surface area contributed by atoms with Crippen molar-refractivity contribution < 1.29 is 59.6 Å². The zero-order valence-corrected chi connectivity index (χ0v) is 27.6. The van der Waals surface area contributed by atoms with Gasteiger partial charge in [0.25, 0.3) is 0 Å². The molecule has 0 aromatic heterocycles. The second-order valence-corrected chi connectivity index (χ2v) is 11.8. The van der Waals surface area contributed by atoms with Gasteiger partial charge in [-0.1, -0.05) is 35.0 Å². The Morgan fingerprint density at radius 2 is 1.38 bits per heavy atom. The highest BCUT2D eigenvalue weighted by Crippen LogP contribution is 2.42. The summed E-state index contributed by atoms with van der Waals surface area (Å²) in [7, 11) is 0. The molecule has 0 radical (unpaired) electrons. The number of fused-ring (bicyclic) bond motifs is 2. The molecular formula is C32H18Cl2F7IO6. The molecule has 2 atom stereocenters. The number of aliphatic carboxylic acids is 1. The van der Waals surface area contributed by atoms with Gasteiger partial charge in [0.05, 0.1) is 26.9 Å². The van der Waals surface area contributed by atoms with E-state index in [4.69, 9.17) is 42.5 Å². The number of carboxylic acid groups (broad SMARTS) is 1. The van der Waals surface area contributed by atoms with Crippen LogP contribution in [0.15, 0.2) is 59.7 Å². The Morgan fingerprint density at radius 1 is 0.854 bits per heavy atom. The number of alkyl halides is 6. The minimum atomic E-state index is -4.85. The van der Waals surface area contributed by atoms with Gasteiger partial charge < -0.3 is 19.3 Å². The van der Waals surface area contributed by atoms with Gasteiger partial charge in [0.2, 0.25) is 12.2 Å². The van der Waals surface area contributed by atoms with Crippen LogP contribution in [-0.4, -0.2) is 48.2 Å². The van der Waals surface area contributed by atoms with Crippen molar-refractivity contribution in [1.82, 2.24) is 0 Å². The second-order valence-electron chi connectivity index (χ2n) is 9.74. The van der Waals surface area contributed by atoms with E-state index in [2.05, 4.69) is 11.8 Å². The molecule has 0 saturated carbocycles. The molecule has 16 heteroatoms. The zero-order chi connectivity index (χ0) is 35.6. The van der Waals surface area contributed by atoms with E-state index in [1.165, 1.54) is 55.5 Å². The number of hydrogen-bond acceptors (Lipinski definition) is 5. The van der Waals surface area contributed by atoms with Crippen LogP contribution < -0.4 is 9.47 Å². The summed E-state index contributed by atoms with van der Waals surface area (Å²) in [6.07, 6.45) is -12.6. The lowest BCUT2D eigenvalue weighted by molar-refractivity contribution is -0.188. The van der Waals surface area contributed by atoms with Crippen molar-refractivity contribution in [2.24, 2.45) is 0 Å². The van der Waals surface area contributed by atoms with E-state index in [-0.39, 0.29) is 44.8 Å². The van der Waals surface area contributed by atoms with E-state index in [9.17, 15) is 40.3 Å². The molecule has 48 heavy (non-hydrogen) atoms. The van der Waals surface area contributed by atoms with Gasteiger partial charge in [0.1, 0.15) is 17.3 Å². The van der Waals surface area contributed by atoms with Crippen molar-refractivity contribution in [2.45, 2.75) is 31.5 Å². The topological polar surface area (TPSA) is 82.1 Å². The predicted octanol–water partition coefficient (Wildman–Crippen LogP) is 8.88. The Labute approximate surface area is 291 Å². The summed E-state index contributed by atoms with van der Waals surface area (Å²) in [5, 5.41) is 9.34. The molecule has 6 nitrogen and oxygen atoms in total. The number of halogens is 10. The minimum absolute atomic E-state index is 0.0164. The van der Waals surface area contributed by atoms with Gasteiger partial charge in [0, 0.05) is 26.7 Å². The smallest absolute Gasteiger partial charge is 0.430 e. The van der Waals surface area contributed by atoms with Gasteiger partial charge in [-0.25, -0.2) is 14.0 Å². The number of esters is 1. The molecule has 0 spiro atoms. The largest absolute Gasteiger partial charge is 0.478 e. The van der Waals surface area contributed by atoms with Gasteiger partial charge in [-0.15, -0.1) is 0 Å².